The fourth-order valence-electron chi connectivity index (χ4n) is 1.92. The van der Waals surface area contributed by atoms with Crippen molar-refractivity contribution in [2.45, 2.75) is 11.8 Å². The minimum Gasteiger partial charge on any atom is -0.367 e. The van der Waals surface area contributed by atoms with Gasteiger partial charge in [-0.15, -0.1) is 11.8 Å². The van der Waals surface area contributed by atoms with Gasteiger partial charge in [0.1, 0.15) is 0 Å². The Morgan fingerprint density at radius 2 is 2.32 bits per heavy atom. The summed E-state index contributed by atoms with van der Waals surface area (Å²) in [6.45, 7) is 0.559. The predicted octanol–water partition coefficient (Wildman–Crippen LogP) is 1.47. The van der Waals surface area contributed by atoms with E-state index < -0.39 is 11.3 Å². The number of carbonyl (C=O) groups is 2. The maximum absolute atomic E-state index is 12.0. The first kappa shape index (κ1) is 14.2. The van der Waals surface area contributed by atoms with Crippen LogP contribution < -0.4 is 5.73 Å². The Balaban J connectivity index is 1.92. The fraction of sp³-hybridized carbons (Fsp3) is 0.308. The van der Waals surface area contributed by atoms with Crippen molar-refractivity contribution in [3.8, 4) is 0 Å². The number of rotatable bonds is 4. The van der Waals surface area contributed by atoms with E-state index in [4.69, 9.17) is 17.3 Å². The molecule has 1 atom stereocenters. The van der Waals surface area contributed by atoms with Crippen LogP contribution >= 0.6 is 23.4 Å². The van der Waals surface area contributed by atoms with Gasteiger partial charge in [0, 0.05) is 17.3 Å². The minimum absolute atomic E-state index is 0.159. The van der Waals surface area contributed by atoms with Gasteiger partial charge < -0.3 is 10.6 Å². The molecular formula is C13H14ClN2O2S. The summed E-state index contributed by atoms with van der Waals surface area (Å²) in [5.74, 6) is 0.116. The third kappa shape index (κ3) is 3.64. The second-order valence-electron chi connectivity index (χ2n) is 4.20. The highest BCUT2D eigenvalue weighted by molar-refractivity contribution is 8.00. The molecule has 1 heterocycles. The van der Waals surface area contributed by atoms with Crippen molar-refractivity contribution in [1.29, 1.82) is 0 Å². The average molecular weight is 298 g/mol. The monoisotopic (exact) mass is 297 g/mol. The van der Waals surface area contributed by atoms with Gasteiger partial charge in [0.15, 0.2) is 5.37 Å². The van der Waals surface area contributed by atoms with E-state index >= 15 is 0 Å². The molecule has 1 fully saturated rings. The highest BCUT2D eigenvalue weighted by Crippen LogP contribution is 2.24. The van der Waals surface area contributed by atoms with Crippen molar-refractivity contribution in [2.24, 2.45) is 5.73 Å². The molecule has 2 amide bonds. The van der Waals surface area contributed by atoms with E-state index in [2.05, 4.69) is 0 Å². The summed E-state index contributed by atoms with van der Waals surface area (Å²) >= 11 is 7.28. The number of thioether (sulfide) groups is 1. The number of hydrogen-bond donors (Lipinski definition) is 1. The van der Waals surface area contributed by atoms with Gasteiger partial charge in [-0.25, -0.2) is 0 Å². The van der Waals surface area contributed by atoms with Crippen LogP contribution in [0.2, 0.25) is 5.02 Å². The molecule has 1 saturated heterocycles. The smallest absolute Gasteiger partial charge is 0.250 e. The van der Waals surface area contributed by atoms with Crippen LogP contribution in [0.5, 0.6) is 0 Å². The van der Waals surface area contributed by atoms with Crippen molar-refractivity contribution in [3.63, 3.8) is 0 Å². The number of hydrogen-bond acceptors (Lipinski definition) is 3. The average Bonchev–Trinajstić information content (AvgIpc) is 2.85. The molecule has 1 aliphatic rings. The van der Waals surface area contributed by atoms with E-state index in [9.17, 15) is 9.59 Å². The predicted molar refractivity (Wildman–Crippen MR) is 76.6 cm³/mol. The zero-order valence-corrected chi connectivity index (χ0v) is 11.8. The molecule has 4 nitrogen and oxygen atoms in total. The van der Waals surface area contributed by atoms with Gasteiger partial charge in [0.05, 0.1) is 6.42 Å². The molecule has 1 unspecified atom stereocenters. The number of nitrogens with zero attached hydrogens (tertiary/aromatic N) is 1. The van der Waals surface area contributed by atoms with Crippen LogP contribution in [0.3, 0.4) is 0 Å². The Bertz CT molecular complexity index is 495. The van der Waals surface area contributed by atoms with Crippen LogP contribution in [0.1, 0.15) is 5.56 Å². The molecule has 2 rings (SSSR count). The van der Waals surface area contributed by atoms with Gasteiger partial charge in [0.25, 0.3) is 5.91 Å². The van der Waals surface area contributed by atoms with Crippen molar-refractivity contribution in [3.05, 3.63) is 41.3 Å². The number of halogens is 1. The Morgan fingerprint density at radius 3 is 3.00 bits per heavy atom. The summed E-state index contributed by atoms with van der Waals surface area (Å²) < 4.78 is 0. The molecule has 0 bridgehead atoms. The van der Waals surface area contributed by atoms with Gasteiger partial charge in [0.2, 0.25) is 5.91 Å². The van der Waals surface area contributed by atoms with E-state index in [0.29, 0.717) is 18.0 Å². The second kappa shape index (κ2) is 6.30. The summed E-state index contributed by atoms with van der Waals surface area (Å²) in [5.41, 5.74) is 6.23. The molecule has 0 saturated carbocycles. The first-order valence-corrected chi connectivity index (χ1v) is 7.30. The molecule has 1 aromatic carbocycles. The Labute approximate surface area is 121 Å². The second-order valence-corrected chi connectivity index (χ2v) is 5.82. The summed E-state index contributed by atoms with van der Waals surface area (Å²) in [4.78, 5) is 24.8. The third-order valence-corrected chi connectivity index (χ3v) is 4.27. The maximum Gasteiger partial charge on any atom is 0.250 e. The van der Waals surface area contributed by atoms with Gasteiger partial charge in [-0.2, -0.15) is 0 Å². The highest BCUT2D eigenvalue weighted by Gasteiger charge is 2.32. The lowest BCUT2D eigenvalue weighted by atomic mass is 10.1. The van der Waals surface area contributed by atoms with Gasteiger partial charge in [-0.1, -0.05) is 23.7 Å². The van der Waals surface area contributed by atoms with E-state index in [1.165, 1.54) is 16.7 Å². The van der Waals surface area contributed by atoms with E-state index in [1.807, 2.05) is 18.2 Å². The van der Waals surface area contributed by atoms with Crippen LogP contribution in [-0.2, 0) is 16.0 Å². The molecule has 6 heteroatoms. The zero-order valence-electron chi connectivity index (χ0n) is 10.2. The highest BCUT2D eigenvalue weighted by atomic mass is 35.5. The van der Waals surface area contributed by atoms with E-state index in [-0.39, 0.29) is 5.91 Å². The summed E-state index contributed by atoms with van der Waals surface area (Å²) in [6, 6.07) is 7.34. The lowest BCUT2D eigenvalue weighted by molar-refractivity contribution is -0.132. The van der Waals surface area contributed by atoms with Crippen LogP contribution in [0.15, 0.2) is 24.3 Å². The Morgan fingerprint density at radius 1 is 1.53 bits per heavy atom. The Kier molecular flexibility index (Phi) is 4.71. The molecule has 0 aromatic heterocycles. The molecule has 101 valence electrons. The van der Waals surface area contributed by atoms with Crippen LogP contribution in [0.4, 0.5) is 0 Å². The number of amides is 2. The van der Waals surface area contributed by atoms with Gasteiger partial charge in [-0.05, 0) is 24.1 Å². The largest absolute Gasteiger partial charge is 0.367 e. The first-order valence-electron chi connectivity index (χ1n) is 5.87. The molecule has 1 aliphatic heterocycles. The zero-order chi connectivity index (χ0) is 13.8. The third-order valence-electron chi connectivity index (χ3n) is 2.82. The van der Waals surface area contributed by atoms with E-state index in [1.54, 1.807) is 12.5 Å². The topological polar surface area (TPSA) is 63.4 Å². The lowest BCUT2D eigenvalue weighted by Gasteiger charge is -2.20. The molecule has 19 heavy (non-hydrogen) atoms. The fourth-order valence-corrected chi connectivity index (χ4v) is 3.21. The first-order chi connectivity index (χ1) is 9.08. The number of carbonyl (C=O) groups excluding carboxylic acids is 2. The summed E-state index contributed by atoms with van der Waals surface area (Å²) in [6.07, 6.45) is 2.06. The number of primary amides is 1. The van der Waals surface area contributed by atoms with Crippen LogP contribution in [0.25, 0.3) is 0 Å². The molecule has 0 aliphatic carbocycles. The molecule has 0 spiro atoms. The summed E-state index contributed by atoms with van der Waals surface area (Å²) in [7, 11) is 0. The van der Waals surface area contributed by atoms with Crippen molar-refractivity contribution >= 4 is 35.2 Å². The van der Waals surface area contributed by atoms with Gasteiger partial charge >= 0.3 is 0 Å². The molecule has 2 N–H and O–H groups in total. The van der Waals surface area contributed by atoms with Crippen LogP contribution in [-0.4, -0.2) is 34.4 Å². The van der Waals surface area contributed by atoms with Crippen molar-refractivity contribution in [1.82, 2.24) is 4.90 Å². The quantitative estimate of drug-likeness (QED) is 0.915. The van der Waals surface area contributed by atoms with Crippen molar-refractivity contribution in [2.75, 3.05) is 12.3 Å². The molecule has 1 radical (unpaired) electrons. The minimum atomic E-state index is -0.539. The molecular weight excluding hydrogens is 284 g/mol. The van der Waals surface area contributed by atoms with Crippen molar-refractivity contribution < 1.29 is 9.59 Å². The van der Waals surface area contributed by atoms with Gasteiger partial charge in [-0.3, -0.25) is 9.59 Å². The summed E-state index contributed by atoms with van der Waals surface area (Å²) in [5, 5.41) is 0.105. The number of nitrogens with two attached hydrogens (primary N) is 1. The lowest BCUT2D eigenvalue weighted by Crippen LogP contribution is -2.42. The standard InChI is InChI=1S/C13H14ClN2O2S/c14-10-3-1-2-9(8-10)4-5-11(17)16-6-7-19-13(16)12(15)18/h1-3,5,8,13H,4,6-7H2,(H2,15,18). The Hall–Kier alpha value is -1.20. The normalized spacial score (nSPS) is 18.6. The SMILES string of the molecule is NC(=O)C1SCCN1C(=O)[CH]Cc1cccc(Cl)c1. The number of benzene rings is 1. The van der Waals surface area contributed by atoms with Crippen LogP contribution in [0, 0.1) is 6.42 Å². The van der Waals surface area contributed by atoms with E-state index in [0.717, 1.165) is 11.3 Å². The molecule has 1 aromatic rings. The maximum atomic E-state index is 12.0.